The minimum absolute atomic E-state index is 0.202. The Morgan fingerprint density at radius 3 is 2.60 bits per heavy atom. The van der Waals surface area contributed by atoms with Gasteiger partial charge in [-0.3, -0.25) is 0 Å². The first-order chi connectivity index (χ1) is 9.58. The Hall–Kier alpha value is -1.80. The number of nitrogens with one attached hydrogen (secondary N) is 1. The van der Waals surface area contributed by atoms with Gasteiger partial charge in [0, 0.05) is 18.2 Å². The first kappa shape index (κ1) is 13.2. The van der Waals surface area contributed by atoms with Crippen LogP contribution in [0.2, 0.25) is 0 Å². The molecule has 2 aromatic rings. The van der Waals surface area contributed by atoms with E-state index in [0.717, 1.165) is 12.0 Å². The van der Waals surface area contributed by atoms with Crippen molar-refractivity contribution in [3.8, 4) is 5.75 Å². The van der Waals surface area contributed by atoms with E-state index in [4.69, 9.17) is 0 Å². The average molecular weight is 267 g/mol. The van der Waals surface area contributed by atoms with Crippen LogP contribution in [0.5, 0.6) is 5.75 Å². The van der Waals surface area contributed by atoms with Gasteiger partial charge >= 0.3 is 0 Å². The summed E-state index contributed by atoms with van der Waals surface area (Å²) in [5, 5.41) is 13.5. The van der Waals surface area contributed by atoms with Crippen LogP contribution in [0.4, 0.5) is 0 Å². The van der Waals surface area contributed by atoms with Crippen LogP contribution >= 0.6 is 0 Å². The molecule has 0 aliphatic heterocycles. The largest absolute Gasteiger partial charge is 0.508 e. The standard InChI is InChI=1S/C18H21NO/c1-18(2)11-13-7-3-5-9-15(13)17(18)19-12-14-8-4-6-10-16(14)20/h3-10,17,19-20H,11-12H2,1-2H3. The van der Waals surface area contributed by atoms with Crippen molar-refractivity contribution in [3.05, 3.63) is 65.2 Å². The van der Waals surface area contributed by atoms with Crippen molar-refractivity contribution < 1.29 is 5.11 Å². The molecule has 0 saturated carbocycles. The summed E-state index contributed by atoms with van der Waals surface area (Å²) in [6.45, 7) is 5.29. The molecule has 0 fully saturated rings. The zero-order valence-electron chi connectivity index (χ0n) is 12.1. The lowest BCUT2D eigenvalue weighted by molar-refractivity contribution is 0.267. The van der Waals surface area contributed by atoms with Crippen molar-refractivity contribution in [2.75, 3.05) is 0 Å². The highest BCUT2D eigenvalue weighted by Gasteiger charge is 2.38. The van der Waals surface area contributed by atoms with Crippen molar-refractivity contribution in [3.63, 3.8) is 0 Å². The van der Waals surface area contributed by atoms with Gasteiger partial charge in [-0.05, 0) is 29.0 Å². The predicted octanol–water partition coefficient (Wildman–Crippen LogP) is 3.81. The highest BCUT2D eigenvalue weighted by atomic mass is 16.3. The monoisotopic (exact) mass is 267 g/mol. The second-order valence-electron chi connectivity index (χ2n) is 6.31. The molecule has 0 amide bonds. The molecule has 0 bridgehead atoms. The predicted molar refractivity (Wildman–Crippen MR) is 81.6 cm³/mol. The van der Waals surface area contributed by atoms with E-state index in [2.05, 4.69) is 43.4 Å². The van der Waals surface area contributed by atoms with E-state index in [1.807, 2.05) is 18.2 Å². The molecule has 1 atom stereocenters. The van der Waals surface area contributed by atoms with Crippen LogP contribution in [0.15, 0.2) is 48.5 Å². The number of benzene rings is 2. The number of phenolic OH excluding ortho intramolecular Hbond substituents is 1. The van der Waals surface area contributed by atoms with E-state index in [1.54, 1.807) is 6.07 Å². The minimum Gasteiger partial charge on any atom is -0.508 e. The second-order valence-corrected chi connectivity index (χ2v) is 6.31. The molecule has 1 aliphatic carbocycles. The van der Waals surface area contributed by atoms with Crippen LogP contribution in [0.3, 0.4) is 0 Å². The van der Waals surface area contributed by atoms with Crippen LogP contribution < -0.4 is 5.32 Å². The fraction of sp³-hybridized carbons (Fsp3) is 0.333. The fourth-order valence-corrected chi connectivity index (χ4v) is 3.25. The van der Waals surface area contributed by atoms with Crippen LogP contribution in [-0.2, 0) is 13.0 Å². The summed E-state index contributed by atoms with van der Waals surface area (Å²) in [5.41, 5.74) is 3.99. The van der Waals surface area contributed by atoms with E-state index in [0.29, 0.717) is 18.3 Å². The first-order valence-corrected chi connectivity index (χ1v) is 7.16. The van der Waals surface area contributed by atoms with E-state index in [1.165, 1.54) is 11.1 Å². The van der Waals surface area contributed by atoms with Gasteiger partial charge in [-0.1, -0.05) is 56.3 Å². The smallest absolute Gasteiger partial charge is 0.120 e. The molecule has 0 aromatic heterocycles. The van der Waals surface area contributed by atoms with Gasteiger partial charge < -0.3 is 10.4 Å². The summed E-state index contributed by atoms with van der Waals surface area (Å²) < 4.78 is 0. The van der Waals surface area contributed by atoms with Gasteiger partial charge in [0.25, 0.3) is 0 Å². The molecule has 0 heterocycles. The molecule has 0 spiro atoms. The maximum atomic E-state index is 9.87. The number of fused-ring (bicyclic) bond motifs is 1. The fourth-order valence-electron chi connectivity index (χ4n) is 3.25. The Morgan fingerprint density at radius 1 is 1.10 bits per heavy atom. The van der Waals surface area contributed by atoms with Gasteiger partial charge in [0.15, 0.2) is 0 Å². The molecule has 1 aliphatic rings. The number of rotatable bonds is 3. The van der Waals surface area contributed by atoms with Gasteiger partial charge in [0.05, 0.1) is 0 Å². The third-order valence-electron chi connectivity index (χ3n) is 4.28. The summed E-state index contributed by atoms with van der Waals surface area (Å²) in [6, 6.07) is 16.5. The molecule has 2 aromatic carbocycles. The lowest BCUT2D eigenvalue weighted by Crippen LogP contribution is -2.30. The van der Waals surface area contributed by atoms with Crippen LogP contribution in [0.1, 0.15) is 36.6 Å². The summed E-state index contributed by atoms with van der Waals surface area (Å²) in [6.07, 6.45) is 1.10. The zero-order valence-corrected chi connectivity index (χ0v) is 12.1. The highest BCUT2D eigenvalue weighted by Crippen LogP contribution is 2.45. The Kier molecular flexibility index (Phi) is 3.27. The molecule has 2 heteroatoms. The number of aromatic hydroxyl groups is 1. The van der Waals surface area contributed by atoms with E-state index < -0.39 is 0 Å². The third-order valence-corrected chi connectivity index (χ3v) is 4.28. The van der Waals surface area contributed by atoms with Crippen molar-refractivity contribution in [2.24, 2.45) is 5.41 Å². The Morgan fingerprint density at radius 2 is 1.80 bits per heavy atom. The Balaban J connectivity index is 1.82. The molecule has 104 valence electrons. The molecular weight excluding hydrogens is 246 g/mol. The first-order valence-electron chi connectivity index (χ1n) is 7.16. The lowest BCUT2D eigenvalue weighted by Gasteiger charge is -2.29. The maximum absolute atomic E-state index is 9.87. The summed E-state index contributed by atoms with van der Waals surface area (Å²) in [7, 11) is 0. The van der Waals surface area contributed by atoms with Gasteiger partial charge in [-0.2, -0.15) is 0 Å². The van der Waals surface area contributed by atoms with Crippen LogP contribution in [0, 0.1) is 5.41 Å². The second kappa shape index (κ2) is 4.95. The molecule has 20 heavy (non-hydrogen) atoms. The van der Waals surface area contributed by atoms with Crippen LogP contribution in [0.25, 0.3) is 0 Å². The molecule has 1 unspecified atom stereocenters. The Bertz CT molecular complexity index is 618. The van der Waals surface area contributed by atoms with Crippen LogP contribution in [-0.4, -0.2) is 5.11 Å². The number of hydrogen-bond acceptors (Lipinski definition) is 2. The van der Waals surface area contributed by atoms with E-state index in [-0.39, 0.29) is 5.41 Å². The molecule has 0 saturated heterocycles. The molecule has 3 rings (SSSR count). The van der Waals surface area contributed by atoms with Crippen molar-refractivity contribution in [1.29, 1.82) is 0 Å². The van der Waals surface area contributed by atoms with Gasteiger partial charge in [0.1, 0.15) is 5.75 Å². The normalized spacial score (nSPS) is 19.8. The van der Waals surface area contributed by atoms with Gasteiger partial charge in [0.2, 0.25) is 0 Å². The molecular formula is C18H21NO. The minimum atomic E-state index is 0.202. The highest BCUT2D eigenvalue weighted by molar-refractivity contribution is 5.38. The van der Waals surface area contributed by atoms with E-state index in [9.17, 15) is 5.11 Å². The summed E-state index contributed by atoms with van der Waals surface area (Å²) >= 11 is 0. The van der Waals surface area contributed by atoms with Gasteiger partial charge in [-0.15, -0.1) is 0 Å². The number of phenols is 1. The van der Waals surface area contributed by atoms with Crippen molar-refractivity contribution in [1.82, 2.24) is 5.32 Å². The molecule has 2 nitrogen and oxygen atoms in total. The van der Waals surface area contributed by atoms with Crippen molar-refractivity contribution in [2.45, 2.75) is 32.9 Å². The zero-order chi connectivity index (χ0) is 14.2. The number of hydrogen-bond donors (Lipinski definition) is 2. The average Bonchev–Trinajstić information content (AvgIpc) is 2.68. The third kappa shape index (κ3) is 2.32. The molecule has 2 N–H and O–H groups in total. The van der Waals surface area contributed by atoms with Gasteiger partial charge in [-0.25, -0.2) is 0 Å². The van der Waals surface area contributed by atoms with E-state index >= 15 is 0 Å². The number of para-hydroxylation sites is 1. The Labute approximate surface area is 120 Å². The quantitative estimate of drug-likeness (QED) is 0.886. The lowest BCUT2D eigenvalue weighted by atomic mass is 9.85. The summed E-state index contributed by atoms with van der Waals surface area (Å²) in [5.74, 6) is 0.365. The topological polar surface area (TPSA) is 32.3 Å². The van der Waals surface area contributed by atoms with Crippen molar-refractivity contribution >= 4 is 0 Å². The molecule has 0 radical (unpaired) electrons. The maximum Gasteiger partial charge on any atom is 0.120 e. The SMILES string of the molecule is CC1(C)Cc2ccccc2C1NCc1ccccc1O. The summed E-state index contributed by atoms with van der Waals surface area (Å²) in [4.78, 5) is 0.